The molecule has 1 aliphatic carbocycles. The Balaban J connectivity index is 1.63. The molecule has 2 heterocycles. The number of rotatable bonds is 2. The van der Waals surface area contributed by atoms with Crippen molar-refractivity contribution in [3.63, 3.8) is 0 Å². The third-order valence-electron chi connectivity index (χ3n) is 4.62. The van der Waals surface area contributed by atoms with Gasteiger partial charge in [-0.1, -0.05) is 0 Å². The summed E-state index contributed by atoms with van der Waals surface area (Å²) in [5, 5.41) is 2.89. The summed E-state index contributed by atoms with van der Waals surface area (Å²) in [5.74, 6) is 1.72. The molecule has 0 radical (unpaired) electrons. The highest BCUT2D eigenvalue weighted by Gasteiger charge is 2.30. The lowest BCUT2D eigenvalue weighted by Gasteiger charge is -2.11. The molecule has 5 heteroatoms. The number of furan rings is 1. The van der Waals surface area contributed by atoms with E-state index in [1.165, 1.54) is 0 Å². The van der Waals surface area contributed by atoms with Gasteiger partial charge in [0.25, 0.3) is 5.91 Å². The van der Waals surface area contributed by atoms with Crippen molar-refractivity contribution < 1.29 is 18.7 Å². The van der Waals surface area contributed by atoms with Crippen LogP contribution < -0.4 is 10.1 Å². The fraction of sp³-hybridized carbons (Fsp3) is 0.368. The number of hydrogen-bond acceptors (Lipinski definition) is 4. The Labute approximate surface area is 140 Å². The smallest absolute Gasteiger partial charge is 0.259 e. The maximum absolute atomic E-state index is 12.7. The van der Waals surface area contributed by atoms with E-state index < -0.39 is 0 Å². The van der Waals surface area contributed by atoms with E-state index >= 15 is 0 Å². The number of carbonyl (C=O) groups is 2. The molecule has 0 fully saturated rings. The van der Waals surface area contributed by atoms with Crippen LogP contribution in [0.5, 0.6) is 5.75 Å². The molecule has 24 heavy (non-hydrogen) atoms. The van der Waals surface area contributed by atoms with Gasteiger partial charge in [-0.15, -0.1) is 0 Å². The first-order chi connectivity index (χ1) is 11.5. The Bertz CT molecular complexity index is 849. The molecule has 2 aliphatic rings. The highest BCUT2D eigenvalue weighted by molar-refractivity contribution is 6.14. The van der Waals surface area contributed by atoms with E-state index in [1.54, 1.807) is 6.92 Å². The fourth-order valence-corrected chi connectivity index (χ4v) is 3.57. The van der Waals surface area contributed by atoms with Gasteiger partial charge in [-0.3, -0.25) is 9.59 Å². The quantitative estimate of drug-likeness (QED) is 0.914. The van der Waals surface area contributed by atoms with Gasteiger partial charge in [0, 0.05) is 24.9 Å². The molecule has 1 aromatic carbocycles. The topological polar surface area (TPSA) is 68.5 Å². The number of fused-ring (bicyclic) bond motifs is 2. The van der Waals surface area contributed by atoms with Gasteiger partial charge in [-0.2, -0.15) is 0 Å². The summed E-state index contributed by atoms with van der Waals surface area (Å²) in [6.45, 7) is 3.75. The first-order valence-electron chi connectivity index (χ1n) is 8.29. The second-order valence-electron chi connectivity index (χ2n) is 6.52. The predicted octanol–water partition coefficient (Wildman–Crippen LogP) is 3.68. The summed E-state index contributed by atoms with van der Waals surface area (Å²) >= 11 is 0. The SMILES string of the molecule is Cc1oc2c(c1C(=O)Nc1ccc3c(c1)CC(C)O3)C(=O)CCC2. The molecule has 2 aromatic rings. The van der Waals surface area contributed by atoms with Crippen molar-refractivity contribution in [1.29, 1.82) is 0 Å². The van der Waals surface area contributed by atoms with Gasteiger partial charge in [-0.05, 0) is 44.0 Å². The molecular formula is C19H19NO4. The fourth-order valence-electron chi connectivity index (χ4n) is 3.57. The van der Waals surface area contributed by atoms with Crippen molar-refractivity contribution in [2.24, 2.45) is 0 Å². The van der Waals surface area contributed by atoms with Gasteiger partial charge in [0.2, 0.25) is 0 Å². The number of hydrogen-bond donors (Lipinski definition) is 1. The van der Waals surface area contributed by atoms with Gasteiger partial charge in [0.15, 0.2) is 5.78 Å². The van der Waals surface area contributed by atoms with Crippen LogP contribution in [0.1, 0.15) is 57.6 Å². The summed E-state index contributed by atoms with van der Waals surface area (Å²) in [6, 6.07) is 5.62. The molecule has 1 unspecified atom stereocenters. The zero-order chi connectivity index (χ0) is 16.8. The van der Waals surface area contributed by atoms with Crippen LogP contribution in [-0.2, 0) is 12.8 Å². The normalized spacial score (nSPS) is 18.8. The van der Waals surface area contributed by atoms with Gasteiger partial charge in [-0.25, -0.2) is 0 Å². The zero-order valence-electron chi connectivity index (χ0n) is 13.8. The highest BCUT2D eigenvalue weighted by Crippen LogP contribution is 2.33. The lowest BCUT2D eigenvalue weighted by Crippen LogP contribution is -2.18. The minimum Gasteiger partial charge on any atom is -0.490 e. The molecule has 4 rings (SSSR count). The largest absolute Gasteiger partial charge is 0.490 e. The number of Topliss-reactive ketones (excluding diaryl/α,β-unsaturated/α-hetero) is 1. The van der Waals surface area contributed by atoms with E-state index in [-0.39, 0.29) is 17.8 Å². The Morgan fingerprint density at radius 3 is 2.96 bits per heavy atom. The van der Waals surface area contributed by atoms with E-state index in [2.05, 4.69) is 5.32 Å². The third kappa shape index (κ3) is 2.40. The summed E-state index contributed by atoms with van der Waals surface area (Å²) in [4.78, 5) is 24.9. The van der Waals surface area contributed by atoms with Gasteiger partial charge in [0.05, 0.1) is 11.1 Å². The maximum Gasteiger partial charge on any atom is 0.259 e. The number of nitrogens with one attached hydrogen (secondary N) is 1. The van der Waals surface area contributed by atoms with Crippen LogP contribution in [0.2, 0.25) is 0 Å². The molecule has 1 aromatic heterocycles. The molecule has 1 N–H and O–H groups in total. The zero-order valence-corrected chi connectivity index (χ0v) is 13.8. The lowest BCUT2D eigenvalue weighted by molar-refractivity contribution is 0.0955. The summed E-state index contributed by atoms with van der Waals surface area (Å²) in [5.41, 5.74) is 2.63. The Hall–Kier alpha value is -2.56. The predicted molar refractivity (Wildman–Crippen MR) is 88.9 cm³/mol. The minimum atomic E-state index is -0.292. The molecule has 0 saturated carbocycles. The maximum atomic E-state index is 12.7. The molecule has 5 nitrogen and oxygen atoms in total. The van der Waals surface area contributed by atoms with E-state index in [9.17, 15) is 9.59 Å². The first kappa shape index (κ1) is 15.0. The van der Waals surface area contributed by atoms with Crippen LogP contribution in [0, 0.1) is 6.92 Å². The second-order valence-corrected chi connectivity index (χ2v) is 6.52. The van der Waals surface area contributed by atoms with Crippen molar-refractivity contribution in [2.45, 2.75) is 45.6 Å². The summed E-state index contributed by atoms with van der Waals surface area (Å²) in [6.07, 6.45) is 2.95. The van der Waals surface area contributed by atoms with Crippen LogP contribution in [0.4, 0.5) is 5.69 Å². The second kappa shape index (κ2) is 5.51. The number of aryl methyl sites for hydroxylation is 2. The van der Waals surface area contributed by atoms with Gasteiger partial charge >= 0.3 is 0 Å². The molecule has 0 saturated heterocycles. The number of ether oxygens (including phenoxy) is 1. The van der Waals surface area contributed by atoms with Crippen LogP contribution in [0.15, 0.2) is 22.6 Å². The lowest BCUT2D eigenvalue weighted by atomic mass is 9.93. The summed E-state index contributed by atoms with van der Waals surface area (Å²) in [7, 11) is 0. The van der Waals surface area contributed by atoms with Crippen LogP contribution in [-0.4, -0.2) is 17.8 Å². The standard InChI is InChI=1S/C19H19NO4/c1-10-8-12-9-13(6-7-15(12)23-10)20-19(22)17-11(2)24-16-5-3-4-14(21)18(16)17/h6-7,9-10H,3-5,8H2,1-2H3,(H,20,22). The monoisotopic (exact) mass is 325 g/mol. The number of carbonyl (C=O) groups excluding carboxylic acids is 2. The third-order valence-corrected chi connectivity index (χ3v) is 4.62. The molecule has 1 atom stereocenters. The number of ketones is 1. The van der Waals surface area contributed by atoms with Crippen LogP contribution in [0.3, 0.4) is 0 Å². The molecule has 0 bridgehead atoms. The van der Waals surface area contributed by atoms with E-state index in [4.69, 9.17) is 9.15 Å². The Kier molecular flexibility index (Phi) is 3.44. The van der Waals surface area contributed by atoms with Crippen LogP contribution >= 0.6 is 0 Å². The summed E-state index contributed by atoms with van der Waals surface area (Å²) < 4.78 is 11.3. The Morgan fingerprint density at radius 1 is 1.29 bits per heavy atom. The van der Waals surface area contributed by atoms with Gasteiger partial charge in [0.1, 0.15) is 23.4 Å². The number of amides is 1. The molecular weight excluding hydrogens is 306 g/mol. The minimum absolute atomic E-state index is 0.00516. The first-order valence-corrected chi connectivity index (χ1v) is 8.29. The molecule has 0 spiro atoms. The highest BCUT2D eigenvalue weighted by atomic mass is 16.5. The van der Waals surface area contributed by atoms with E-state index in [0.717, 1.165) is 24.2 Å². The molecule has 124 valence electrons. The van der Waals surface area contributed by atoms with Crippen molar-refractivity contribution in [3.8, 4) is 5.75 Å². The van der Waals surface area contributed by atoms with Crippen LogP contribution in [0.25, 0.3) is 0 Å². The number of benzene rings is 1. The van der Waals surface area contributed by atoms with E-state index in [1.807, 2.05) is 25.1 Å². The van der Waals surface area contributed by atoms with Crippen molar-refractivity contribution in [2.75, 3.05) is 5.32 Å². The molecule has 1 amide bonds. The van der Waals surface area contributed by atoms with E-state index in [0.29, 0.717) is 41.2 Å². The average Bonchev–Trinajstić information content (AvgIpc) is 3.06. The van der Waals surface area contributed by atoms with Crippen molar-refractivity contribution >= 4 is 17.4 Å². The van der Waals surface area contributed by atoms with Gasteiger partial charge < -0.3 is 14.5 Å². The molecule has 1 aliphatic heterocycles. The van der Waals surface area contributed by atoms with Crippen molar-refractivity contribution in [1.82, 2.24) is 0 Å². The van der Waals surface area contributed by atoms with Crippen molar-refractivity contribution in [3.05, 3.63) is 46.4 Å². The average molecular weight is 325 g/mol. The number of anilines is 1. The Morgan fingerprint density at radius 2 is 2.12 bits per heavy atom.